The fourth-order valence-electron chi connectivity index (χ4n) is 2.29. The largest absolute Gasteiger partial charge is 0.384 e. The molecule has 0 aliphatic carbocycles. The minimum atomic E-state index is -1.18. The molecule has 0 spiro atoms. The molecular formula is C14H21FN4. The van der Waals surface area contributed by atoms with E-state index in [4.69, 9.17) is 5.73 Å². The van der Waals surface area contributed by atoms with E-state index in [9.17, 15) is 4.39 Å². The van der Waals surface area contributed by atoms with Gasteiger partial charge in [-0.05, 0) is 13.3 Å². The van der Waals surface area contributed by atoms with Gasteiger partial charge in [0.15, 0.2) is 0 Å². The number of nitrogens with two attached hydrogens (primary N) is 1. The lowest BCUT2D eigenvalue weighted by Gasteiger charge is -2.34. The van der Waals surface area contributed by atoms with Gasteiger partial charge >= 0.3 is 0 Å². The number of aryl methyl sites for hydroxylation is 1. The first kappa shape index (κ1) is 13.8. The fourth-order valence-corrected chi connectivity index (χ4v) is 2.29. The summed E-state index contributed by atoms with van der Waals surface area (Å²) in [6.07, 6.45) is 5.42. The summed E-state index contributed by atoms with van der Waals surface area (Å²) in [5.74, 6) is 1.07. The van der Waals surface area contributed by atoms with Crippen LogP contribution in [0.3, 0.4) is 0 Å². The summed E-state index contributed by atoms with van der Waals surface area (Å²) < 4.78 is 14.4. The van der Waals surface area contributed by atoms with Crippen molar-refractivity contribution in [3.63, 3.8) is 0 Å². The van der Waals surface area contributed by atoms with Gasteiger partial charge in [0.2, 0.25) is 5.95 Å². The number of hydrogen-bond acceptors (Lipinski definition) is 4. The third-order valence-electron chi connectivity index (χ3n) is 3.39. The zero-order valence-corrected chi connectivity index (χ0v) is 11.6. The first-order valence-electron chi connectivity index (χ1n) is 6.75. The highest BCUT2D eigenvalue weighted by atomic mass is 19.1. The van der Waals surface area contributed by atoms with Gasteiger partial charge in [-0.25, -0.2) is 9.37 Å². The van der Waals surface area contributed by atoms with Crippen LogP contribution in [0.25, 0.3) is 0 Å². The quantitative estimate of drug-likeness (QED) is 0.853. The average Bonchev–Trinajstić information content (AvgIpc) is 2.36. The normalized spacial score (nSPS) is 19.0. The molecule has 0 saturated carbocycles. The zero-order valence-electron chi connectivity index (χ0n) is 11.6. The Morgan fingerprint density at radius 2 is 2.11 bits per heavy atom. The summed E-state index contributed by atoms with van der Waals surface area (Å²) in [5.41, 5.74) is 5.38. The minimum Gasteiger partial charge on any atom is -0.384 e. The molecule has 1 aromatic heterocycles. The molecule has 4 nitrogen and oxygen atoms in total. The van der Waals surface area contributed by atoms with Crippen LogP contribution >= 0.6 is 0 Å². The number of alkyl halides is 1. The fraction of sp³-hybridized carbons (Fsp3) is 0.571. The standard InChI is InChI=1S/C14H21FN4/c1-3-4-5-14(15)6-8-19(9-7-14)13-17-11(2)10-12(16)18-13/h4-5,10H,3,6-9H2,1-2H3,(H2,16,17,18)/b5-4+. The van der Waals surface area contributed by atoms with Gasteiger partial charge in [-0.2, -0.15) is 4.98 Å². The van der Waals surface area contributed by atoms with Crippen molar-refractivity contribution in [1.82, 2.24) is 9.97 Å². The predicted octanol–water partition coefficient (Wildman–Crippen LogP) is 2.64. The topological polar surface area (TPSA) is 55.0 Å². The predicted molar refractivity (Wildman–Crippen MR) is 75.9 cm³/mol. The summed E-state index contributed by atoms with van der Waals surface area (Å²) in [7, 11) is 0. The Morgan fingerprint density at radius 1 is 1.42 bits per heavy atom. The lowest BCUT2D eigenvalue weighted by atomic mass is 9.93. The van der Waals surface area contributed by atoms with Crippen molar-refractivity contribution in [3.8, 4) is 0 Å². The van der Waals surface area contributed by atoms with Crippen molar-refractivity contribution in [2.75, 3.05) is 23.7 Å². The van der Waals surface area contributed by atoms with Crippen LogP contribution in [-0.4, -0.2) is 28.7 Å². The summed E-state index contributed by atoms with van der Waals surface area (Å²) in [5, 5.41) is 0. The number of nitrogens with zero attached hydrogens (tertiary/aromatic N) is 3. The molecule has 5 heteroatoms. The Morgan fingerprint density at radius 3 is 2.68 bits per heavy atom. The molecule has 1 fully saturated rings. The number of piperidine rings is 1. The van der Waals surface area contributed by atoms with Gasteiger partial charge in [-0.3, -0.25) is 0 Å². The van der Waals surface area contributed by atoms with Crippen molar-refractivity contribution in [1.29, 1.82) is 0 Å². The molecule has 0 unspecified atom stereocenters. The molecule has 0 atom stereocenters. The smallest absolute Gasteiger partial charge is 0.227 e. The Bertz CT molecular complexity index is 444. The average molecular weight is 264 g/mol. The number of aromatic nitrogens is 2. The van der Waals surface area contributed by atoms with Crippen LogP contribution in [0.5, 0.6) is 0 Å². The SMILES string of the molecule is CC/C=C/C1(F)CCN(c2nc(C)cc(N)n2)CC1. The highest BCUT2D eigenvalue weighted by Crippen LogP contribution is 2.29. The number of anilines is 2. The summed E-state index contributed by atoms with van der Waals surface area (Å²) in [4.78, 5) is 10.6. The molecular weight excluding hydrogens is 243 g/mol. The number of nitrogen functional groups attached to an aromatic ring is 1. The van der Waals surface area contributed by atoms with E-state index in [1.807, 2.05) is 24.8 Å². The molecule has 104 valence electrons. The van der Waals surface area contributed by atoms with E-state index in [-0.39, 0.29) is 0 Å². The van der Waals surface area contributed by atoms with Crippen molar-refractivity contribution < 1.29 is 4.39 Å². The maximum atomic E-state index is 14.4. The zero-order chi connectivity index (χ0) is 13.9. The summed E-state index contributed by atoms with van der Waals surface area (Å²) in [6.45, 7) is 5.13. The summed E-state index contributed by atoms with van der Waals surface area (Å²) in [6, 6.07) is 1.73. The first-order chi connectivity index (χ1) is 9.02. The second-order valence-corrected chi connectivity index (χ2v) is 5.07. The molecule has 0 aromatic carbocycles. The number of hydrogen-bond donors (Lipinski definition) is 1. The first-order valence-corrected chi connectivity index (χ1v) is 6.75. The highest BCUT2D eigenvalue weighted by Gasteiger charge is 2.32. The van der Waals surface area contributed by atoms with Gasteiger partial charge < -0.3 is 10.6 Å². The maximum Gasteiger partial charge on any atom is 0.227 e. The molecule has 19 heavy (non-hydrogen) atoms. The van der Waals surface area contributed by atoms with Crippen LogP contribution in [0.15, 0.2) is 18.2 Å². The molecule has 1 saturated heterocycles. The molecule has 1 aliphatic heterocycles. The van der Waals surface area contributed by atoms with Crippen molar-refractivity contribution in [2.45, 2.75) is 38.8 Å². The number of rotatable bonds is 3. The van der Waals surface area contributed by atoms with E-state index in [1.165, 1.54) is 0 Å². The molecule has 1 aromatic rings. The molecule has 1 aliphatic rings. The van der Waals surface area contributed by atoms with Crippen LogP contribution in [-0.2, 0) is 0 Å². The van der Waals surface area contributed by atoms with Gasteiger partial charge in [-0.1, -0.05) is 19.1 Å². The van der Waals surface area contributed by atoms with E-state index in [1.54, 1.807) is 12.1 Å². The number of allylic oxidation sites excluding steroid dienone is 2. The van der Waals surface area contributed by atoms with Crippen LogP contribution in [0.4, 0.5) is 16.2 Å². The van der Waals surface area contributed by atoms with E-state index in [0.717, 1.165) is 12.1 Å². The van der Waals surface area contributed by atoms with E-state index >= 15 is 0 Å². The minimum absolute atomic E-state index is 0.463. The van der Waals surface area contributed by atoms with E-state index < -0.39 is 5.67 Å². The Labute approximate surface area is 113 Å². The van der Waals surface area contributed by atoms with Gasteiger partial charge in [0, 0.05) is 37.7 Å². The van der Waals surface area contributed by atoms with Crippen molar-refractivity contribution in [2.24, 2.45) is 0 Å². The third kappa shape index (κ3) is 3.43. The molecule has 2 rings (SSSR count). The maximum absolute atomic E-state index is 14.4. The van der Waals surface area contributed by atoms with Crippen molar-refractivity contribution in [3.05, 3.63) is 23.9 Å². The van der Waals surface area contributed by atoms with Crippen LogP contribution in [0, 0.1) is 6.92 Å². The molecule has 0 radical (unpaired) electrons. The second-order valence-electron chi connectivity index (χ2n) is 5.07. The molecule has 2 N–H and O–H groups in total. The Balaban J connectivity index is 2.05. The van der Waals surface area contributed by atoms with Gasteiger partial charge in [0.25, 0.3) is 0 Å². The van der Waals surface area contributed by atoms with E-state index in [0.29, 0.717) is 37.7 Å². The van der Waals surface area contributed by atoms with Crippen LogP contribution in [0.1, 0.15) is 31.9 Å². The van der Waals surface area contributed by atoms with Crippen LogP contribution in [0.2, 0.25) is 0 Å². The van der Waals surface area contributed by atoms with Crippen LogP contribution < -0.4 is 10.6 Å². The molecule has 2 heterocycles. The highest BCUT2D eigenvalue weighted by molar-refractivity contribution is 5.41. The number of halogens is 1. The third-order valence-corrected chi connectivity index (χ3v) is 3.39. The summed E-state index contributed by atoms with van der Waals surface area (Å²) >= 11 is 0. The lowest BCUT2D eigenvalue weighted by Crippen LogP contribution is -2.41. The monoisotopic (exact) mass is 264 g/mol. The van der Waals surface area contributed by atoms with E-state index in [2.05, 4.69) is 9.97 Å². The molecule has 0 amide bonds. The Hall–Kier alpha value is -1.65. The Kier molecular flexibility index (Phi) is 4.02. The van der Waals surface area contributed by atoms with Gasteiger partial charge in [0.05, 0.1) is 0 Å². The second kappa shape index (κ2) is 5.55. The lowest BCUT2D eigenvalue weighted by molar-refractivity contribution is 0.183. The van der Waals surface area contributed by atoms with Gasteiger partial charge in [-0.15, -0.1) is 0 Å². The van der Waals surface area contributed by atoms with Gasteiger partial charge in [0.1, 0.15) is 11.5 Å². The molecule has 0 bridgehead atoms. The van der Waals surface area contributed by atoms with Crippen molar-refractivity contribution >= 4 is 11.8 Å².